The molecule has 0 aromatic heterocycles. The first-order valence-corrected chi connectivity index (χ1v) is 5.27. The van der Waals surface area contributed by atoms with Crippen molar-refractivity contribution in [1.82, 2.24) is 9.80 Å². The molecule has 0 saturated heterocycles. The van der Waals surface area contributed by atoms with E-state index in [2.05, 4.69) is 9.73 Å². The van der Waals surface area contributed by atoms with Crippen molar-refractivity contribution in [1.29, 1.82) is 0 Å². The lowest BCUT2D eigenvalue weighted by atomic mass is 10.4. The van der Waals surface area contributed by atoms with Crippen molar-refractivity contribution in [3.8, 4) is 0 Å². The van der Waals surface area contributed by atoms with E-state index >= 15 is 0 Å². The molecule has 0 aliphatic rings. The summed E-state index contributed by atoms with van der Waals surface area (Å²) in [5.74, 6) is 0.779. The Hall–Kier alpha value is -0.980. The molecule has 0 aliphatic heterocycles. The third-order valence-electron chi connectivity index (χ3n) is 1.77. The second-order valence-corrected chi connectivity index (χ2v) is 3.99. The van der Waals surface area contributed by atoms with Crippen LogP contribution in [0.1, 0.15) is 6.42 Å². The van der Waals surface area contributed by atoms with E-state index in [0.29, 0.717) is 13.0 Å². The van der Waals surface area contributed by atoms with E-state index in [1.807, 2.05) is 38.0 Å². The molecule has 0 atom stereocenters. The third-order valence-corrected chi connectivity index (χ3v) is 1.77. The van der Waals surface area contributed by atoms with E-state index in [9.17, 15) is 13.2 Å². The van der Waals surface area contributed by atoms with Gasteiger partial charge in [-0.2, -0.15) is 13.2 Å². The van der Waals surface area contributed by atoms with E-state index in [-0.39, 0.29) is 6.61 Å². The number of aliphatic imine (C=N–C) groups is 1. The molecule has 0 aromatic rings. The molecule has 4 nitrogen and oxygen atoms in total. The van der Waals surface area contributed by atoms with Crippen LogP contribution in [0.2, 0.25) is 0 Å². The van der Waals surface area contributed by atoms with Gasteiger partial charge in [-0.25, -0.2) is 0 Å². The van der Waals surface area contributed by atoms with Gasteiger partial charge in [0, 0.05) is 41.3 Å². The van der Waals surface area contributed by atoms with Gasteiger partial charge in [-0.05, 0) is 6.42 Å². The summed E-state index contributed by atoms with van der Waals surface area (Å²) >= 11 is 0. The van der Waals surface area contributed by atoms with Gasteiger partial charge in [-0.3, -0.25) is 4.99 Å². The minimum Gasteiger partial charge on any atom is -0.372 e. The fraction of sp³-hybridized carbons (Fsp3) is 0.900. The van der Waals surface area contributed by atoms with Crippen LogP contribution in [0.25, 0.3) is 0 Å². The summed E-state index contributed by atoms with van der Waals surface area (Å²) in [7, 11) is 7.44. The average Bonchev–Trinajstić information content (AvgIpc) is 2.13. The Bertz CT molecular complexity index is 229. The average molecular weight is 255 g/mol. The molecular weight excluding hydrogens is 235 g/mol. The Labute approximate surface area is 100 Å². The number of halogens is 3. The van der Waals surface area contributed by atoms with E-state index in [1.54, 1.807) is 0 Å². The lowest BCUT2D eigenvalue weighted by Gasteiger charge is -2.22. The highest BCUT2D eigenvalue weighted by atomic mass is 19.4. The second kappa shape index (κ2) is 7.37. The molecule has 0 heterocycles. The summed E-state index contributed by atoms with van der Waals surface area (Å²) in [5.41, 5.74) is 0. The van der Waals surface area contributed by atoms with Crippen LogP contribution >= 0.6 is 0 Å². The number of hydrogen-bond donors (Lipinski definition) is 0. The lowest BCUT2D eigenvalue weighted by molar-refractivity contribution is -0.173. The molecule has 0 radical (unpaired) electrons. The van der Waals surface area contributed by atoms with E-state index in [1.165, 1.54) is 0 Å². The number of alkyl halides is 3. The largest absolute Gasteiger partial charge is 0.411 e. The third kappa shape index (κ3) is 8.79. The molecule has 0 spiro atoms. The van der Waals surface area contributed by atoms with Gasteiger partial charge in [0.25, 0.3) is 0 Å². The monoisotopic (exact) mass is 255 g/mol. The van der Waals surface area contributed by atoms with Crippen molar-refractivity contribution >= 4 is 5.96 Å². The highest BCUT2D eigenvalue weighted by Gasteiger charge is 2.27. The Morgan fingerprint density at radius 2 is 1.65 bits per heavy atom. The minimum absolute atomic E-state index is 0.0666. The quantitative estimate of drug-likeness (QED) is 0.423. The van der Waals surface area contributed by atoms with Crippen LogP contribution in [-0.2, 0) is 4.74 Å². The van der Waals surface area contributed by atoms with Crippen molar-refractivity contribution in [2.75, 3.05) is 47.9 Å². The minimum atomic E-state index is -4.25. The van der Waals surface area contributed by atoms with Crippen LogP contribution in [-0.4, -0.2) is 69.9 Å². The summed E-state index contributed by atoms with van der Waals surface area (Å²) < 4.78 is 39.7. The van der Waals surface area contributed by atoms with Gasteiger partial charge in [-0.15, -0.1) is 0 Å². The highest BCUT2D eigenvalue weighted by Crippen LogP contribution is 2.14. The number of guanidine groups is 1. The van der Waals surface area contributed by atoms with Crippen LogP contribution in [0, 0.1) is 0 Å². The van der Waals surface area contributed by atoms with Gasteiger partial charge >= 0.3 is 6.18 Å². The highest BCUT2D eigenvalue weighted by molar-refractivity contribution is 5.79. The molecule has 0 aromatic carbocycles. The molecular formula is C10H20F3N3O. The predicted octanol–water partition coefficient (Wildman–Crippen LogP) is 1.43. The topological polar surface area (TPSA) is 28.1 Å². The first-order valence-electron chi connectivity index (χ1n) is 5.27. The fourth-order valence-corrected chi connectivity index (χ4v) is 1.22. The Balaban J connectivity index is 3.78. The standard InChI is InChI=1S/C10H20F3N3O/c1-15(2)9(16(3)4)14-6-5-7-17-8-10(11,12)13/h5-8H2,1-4H3. The zero-order chi connectivity index (χ0) is 13.5. The van der Waals surface area contributed by atoms with Gasteiger partial charge in [0.15, 0.2) is 5.96 Å². The maximum Gasteiger partial charge on any atom is 0.411 e. The van der Waals surface area contributed by atoms with Crippen molar-refractivity contribution in [2.24, 2.45) is 4.99 Å². The van der Waals surface area contributed by atoms with Crippen LogP contribution in [0.5, 0.6) is 0 Å². The van der Waals surface area contributed by atoms with Gasteiger partial charge < -0.3 is 14.5 Å². The molecule has 0 saturated carbocycles. The lowest BCUT2D eigenvalue weighted by Crippen LogP contribution is -2.35. The van der Waals surface area contributed by atoms with Gasteiger partial charge in [-0.1, -0.05) is 0 Å². The van der Waals surface area contributed by atoms with Crippen LogP contribution < -0.4 is 0 Å². The summed E-state index contributed by atoms with van der Waals surface area (Å²) in [4.78, 5) is 7.95. The summed E-state index contributed by atoms with van der Waals surface area (Å²) in [6.07, 6.45) is -3.77. The zero-order valence-corrected chi connectivity index (χ0v) is 10.7. The van der Waals surface area contributed by atoms with Crippen LogP contribution in [0.15, 0.2) is 4.99 Å². The normalized spacial score (nSPS) is 11.2. The number of hydrogen-bond acceptors (Lipinski definition) is 2. The fourth-order valence-electron chi connectivity index (χ4n) is 1.22. The Morgan fingerprint density at radius 1 is 1.12 bits per heavy atom. The predicted molar refractivity (Wildman–Crippen MR) is 61.2 cm³/mol. The second-order valence-electron chi connectivity index (χ2n) is 3.99. The van der Waals surface area contributed by atoms with Crippen LogP contribution in [0.3, 0.4) is 0 Å². The maximum atomic E-state index is 11.7. The molecule has 0 unspecified atom stereocenters. The SMILES string of the molecule is CN(C)C(=NCCCOCC(F)(F)F)N(C)C. The zero-order valence-electron chi connectivity index (χ0n) is 10.7. The van der Waals surface area contributed by atoms with E-state index in [0.717, 1.165) is 5.96 Å². The molecule has 17 heavy (non-hydrogen) atoms. The van der Waals surface area contributed by atoms with Gasteiger partial charge in [0.05, 0.1) is 0 Å². The molecule has 0 N–H and O–H groups in total. The molecule has 0 rings (SSSR count). The number of nitrogens with zero attached hydrogens (tertiary/aromatic N) is 3. The van der Waals surface area contributed by atoms with E-state index < -0.39 is 12.8 Å². The smallest absolute Gasteiger partial charge is 0.372 e. The van der Waals surface area contributed by atoms with E-state index in [4.69, 9.17) is 0 Å². The van der Waals surface area contributed by atoms with Crippen LogP contribution in [0.4, 0.5) is 13.2 Å². The maximum absolute atomic E-state index is 11.7. The van der Waals surface area contributed by atoms with Crippen molar-refractivity contribution in [2.45, 2.75) is 12.6 Å². The van der Waals surface area contributed by atoms with Crippen molar-refractivity contribution in [3.63, 3.8) is 0 Å². The molecule has 0 amide bonds. The molecule has 0 bridgehead atoms. The molecule has 7 heteroatoms. The number of ether oxygens (including phenoxy) is 1. The van der Waals surface area contributed by atoms with Crippen molar-refractivity contribution in [3.05, 3.63) is 0 Å². The summed E-state index contributed by atoms with van der Waals surface area (Å²) in [5, 5.41) is 0. The Morgan fingerprint density at radius 3 is 2.06 bits per heavy atom. The first kappa shape index (κ1) is 16.0. The Kier molecular flexibility index (Phi) is 6.94. The van der Waals surface area contributed by atoms with Crippen molar-refractivity contribution < 1.29 is 17.9 Å². The molecule has 102 valence electrons. The van der Waals surface area contributed by atoms with Gasteiger partial charge in [0.1, 0.15) is 6.61 Å². The first-order chi connectivity index (χ1) is 7.74. The molecule has 0 fully saturated rings. The number of rotatable bonds is 5. The summed E-state index contributed by atoms with van der Waals surface area (Å²) in [6.45, 7) is -0.675. The molecule has 0 aliphatic carbocycles. The summed E-state index contributed by atoms with van der Waals surface area (Å²) in [6, 6.07) is 0. The van der Waals surface area contributed by atoms with Gasteiger partial charge in [0.2, 0.25) is 0 Å².